The average molecular weight is 272 g/mol. The van der Waals surface area contributed by atoms with Crippen molar-refractivity contribution in [1.29, 1.82) is 0 Å². The molecule has 0 radical (unpaired) electrons. The Morgan fingerprint density at radius 1 is 1.42 bits per heavy atom. The van der Waals surface area contributed by atoms with E-state index in [0.717, 1.165) is 0 Å². The summed E-state index contributed by atoms with van der Waals surface area (Å²) in [5, 5.41) is 10.4. The second-order valence-electron chi connectivity index (χ2n) is 5.78. The lowest BCUT2D eigenvalue weighted by atomic mass is 9.99. The Bertz CT molecular complexity index is 381. The van der Waals surface area contributed by atoms with Crippen LogP contribution in [-0.4, -0.2) is 54.5 Å². The number of esters is 1. The first kappa shape index (κ1) is 13.3. The van der Waals surface area contributed by atoms with Crippen LogP contribution in [0.15, 0.2) is 0 Å². The predicted molar refractivity (Wildman–Crippen MR) is 63.2 cm³/mol. The van der Waals surface area contributed by atoms with E-state index in [9.17, 15) is 9.90 Å². The number of aliphatic hydroxyl groups is 1. The molecule has 0 unspecified atom stereocenters. The molecule has 3 fully saturated rings. The van der Waals surface area contributed by atoms with Crippen molar-refractivity contribution < 1.29 is 28.8 Å². The molecule has 1 saturated carbocycles. The molecule has 0 bridgehead atoms. The van der Waals surface area contributed by atoms with E-state index in [4.69, 9.17) is 18.9 Å². The first-order chi connectivity index (χ1) is 8.94. The third kappa shape index (κ3) is 2.16. The fourth-order valence-electron chi connectivity index (χ4n) is 3.06. The van der Waals surface area contributed by atoms with Crippen LogP contribution >= 0.6 is 0 Å². The maximum Gasteiger partial charge on any atom is 0.312 e. The molecule has 19 heavy (non-hydrogen) atoms. The van der Waals surface area contributed by atoms with Crippen molar-refractivity contribution in [3.63, 3.8) is 0 Å². The molecule has 0 amide bonds. The number of hydrogen-bond donors (Lipinski definition) is 1. The van der Waals surface area contributed by atoms with E-state index in [1.54, 1.807) is 20.8 Å². The van der Waals surface area contributed by atoms with Gasteiger partial charge in [0.15, 0.2) is 5.79 Å². The van der Waals surface area contributed by atoms with Crippen LogP contribution in [0.25, 0.3) is 0 Å². The lowest BCUT2D eigenvalue weighted by Gasteiger charge is -2.44. The van der Waals surface area contributed by atoms with Gasteiger partial charge in [0.1, 0.15) is 12.2 Å². The van der Waals surface area contributed by atoms with Crippen molar-refractivity contribution in [2.24, 2.45) is 11.8 Å². The minimum Gasteiger partial charge on any atom is -0.466 e. The van der Waals surface area contributed by atoms with Crippen LogP contribution in [0.1, 0.15) is 20.8 Å². The molecule has 0 aromatic heterocycles. The Kier molecular flexibility index (Phi) is 3.09. The van der Waals surface area contributed by atoms with Crippen LogP contribution in [-0.2, 0) is 23.7 Å². The van der Waals surface area contributed by atoms with E-state index in [1.165, 1.54) is 0 Å². The molecule has 108 valence electrons. The van der Waals surface area contributed by atoms with Crippen LogP contribution < -0.4 is 0 Å². The average Bonchev–Trinajstić information content (AvgIpc) is 3.05. The molecule has 2 saturated heterocycles. The lowest BCUT2D eigenvalue weighted by Crippen LogP contribution is -2.57. The normalized spacial score (nSPS) is 46.9. The Labute approximate surface area is 112 Å². The summed E-state index contributed by atoms with van der Waals surface area (Å²) in [6.07, 6.45) is -1.72. The third-order valence-corrected chi connectivity index (χ3v) is 4.01. The summed E-state index contributed by atoms with van der Waals surface area (Å²) in [5.41, 5.74) is 0. The van der Waals surface area contributed by atoms with Gasteiger partial charge in [-0.05, 0) is 20.8 Å². The molecule has 0 aromatic rings. The molecule has 1 N–H and O–H groups in total. The Morgan fingerprint density at radius 3 is 2.84 bits per heavy atom. The second-order valence-corrected chi connectivity index (χ2v) is 5.78. The van der Waals surface area contributed by atoms with E-state index in [2.05, 4.69) is 0 Å². The largest absolute Gasteiger partial charge is 0.466 e. The fourth-order valence-corrected chi connectivity index (χ4v) is 3.06. The van der Waals surface area contributed by atoms with Gasteiger partial charge in [-0.25, -0.2) is 0 Å². The summed E-state index contributed by atoms with van der Waals surface area (Å²) in [6, 6.07) is 0. The standard InChI is InChI=1S/C13H20O6/c1-4-16-12(15)8-7-9(14)10-6(18-11(7)8)5-17-13(2,3)19-10/h6-11,14H,4-5H2,1-3H3/t6-,7-,8+,9-,10-,11+/m1/s1. The van der Waals surface area contributed by atoms with Gasteiger partial charge < -0.3 is 24.1 Å². The summed E-state index contributed by atoms with van der Waals surface area (Å²) in [4.78, 5) is 11.8. The number of ether oxygens (including phenoxy) is 4. The van der Waals surface area contributed by atoms with Crippen LogP contribution in [0.3, 0.4) is 0 Å². The van der Waals surface area contributed by atoms with Gasteiger partial charge in [0.25, 0.3) is 0 Å². The van der Waals surface area contributed by atoms with Crippen LogP contribution in [0.4, 0.5) is 0 Å². The van der Waals surface area contributed by atoms with Gasteiger partial charge in [0, 0.05) is 5.92 Å². The first-order valence-electron chi connectivity index (χ1n) is 6.76. The number of fused-ring (bicyclic) bond motifs is 2. The Balaban J connectivity index is 1.71. The summed E-state index contributed by atoms with van der Waals surface area (Å²) in [7, 11) is 0. The van der Waals surface area contributed by atoms with Crippen molar-refractivity contribution in [2.45, 2.75) is 51.0 Å². The maximum absolute atomic E-state index is 11.8. The van der Waals surface area contributed by atoms with Gasteiger partial charge in [-0.1, -0.05) is 0 Å². The molecule has 3 rings (SSSR count). The smallest absolute Gasteiger partial charge is 0.312 e. The summed E-state index contributed by atoms with van der Waals surface area (Å²) >= 11 is 0. The highest BCUT2D eigenvalue weighted by Crippen LogP contribution is 2.52. The lowest BCUT2D eigenvalue weighted by molar-refractivity contribution is -0.337. The molecule has 0 aromatic carbocycles. The molecule has 6 nitrogen and oxygen atoms in total. The summed E-state index contributed by atoms with van der Waals surface area (Å²) in [6.45, 7) is 6.08. The van der Waals surface area contributed by atoms with Gasteiger partial charge in [-0.3, -0.25) is 4.79 Å². The van der Waals surface area contributed by atoms with Crippen molar-refractivity contribution in [2.75, 3.05) is 13.2 Å². The maximum atomic E-state index is 11.8. The summed E-state index contributed by atoms with van der Waals surface area (Å²) in [5.74, 6) is -1.61. The fraction of sp³-hybridized carbons (Fsp3) is 0.923. The SMILES string of the molecule is CCOC(=O)[C@@H]1[C@H]2O[C@@H]3COC(C)(C)O[C@H]3[C@H](O)[C@H]21. The number of carbonyl (C=O) groups excluding carboxylic acids is 1. The van der Waals surface area contributed by atoms with E-state index >= 15 is 0 Å². The van der Waals surface area contributed by atoms with Gasteiger partial charge in [-0.15, -0.1) is 0 Å². The highest BCUT2D eigenvalue weighted by Gasteiger charge is 2.67. The van der Waals surface area contributed by atoms with Crippen molar-refractivity contribution in [3.05, 3.63) is 0 Å². The molecule has 6 atom stereocenters. The predicted octanol–water partition coefficient (Wildman–Crippen LogP) is 0.0753. The quantitative estimate of drug-likeness (QED) is 0.717. The molecule has 3 aliphatic rings. The van der Waals surface area contributed by atoms with E-state index in [1.807, 2.05) is 0 Å². The monoisotopic (exact) mass is 272 g/mol. The van der Waals surface area contributed by atoms with Crippen LogP contribution in [0.2, 0.25) is 0 Å². The number of aliphatic hydroxyl groups excluding tert-OH is 1. The zero-order valence-corrected chi connectivity index (χ0v) is 11.4. The zero-order valence-electron chi connectivity index (χ0n) is 11.4. The molecule has 1 aliphatic carbocycles. The second kappa shape index (κ2) is 4.41. The van der Waals surface area contributed by atoms with Crippen molar-refractivity contribution in [3.8, 4) is 0 Å². The zero-order chi connectivity index (χ0) is 13.8. The minimum absolute atomic E-state index is 0.214. The molecular weight excluding hydrogens is 252 g/mol. The van der Waals surface area contributed by atoms with Crippen LogP contribution in [0.5, 0.6) is 0 Å². The number of carbonyl (C=O) groups is 1. The molecular formula is C13H20O6. The number of rotatable bonds is 2. The molecule has 2 heterocycles. The van der Waals surface area contributed by atoms with Crippen molar-refractivity contribution >= 4 is 5.97 Å². The highest BCUT2D eigenvalue weighted by molar-refractivity contribution is 5.77. The van der Waals surface area contributed by atoms with Gasteiger partial charge >= 0.3 is 5.97 Å². The molecule has 2 aliphatic heterocycles. The van der Waals surface area contributed by atoms with E-state index < -0.39 is 18.0 Å². The van der Waals surface area contributed by atoms with E-state index in [0.29, 0.717) is 13.2 Å². The van der Waals surface area contributed by atoms with Gasteiger partial charge in [0.2, 0.25) is 0 Å². The van der Waals surface area contributed by atoms with Crippen LogP contribution in [0, 0.1) is 11.8 Å². The highest BCUT2D eigenvalue weighted by atomic mass is 16.7. The van der Waals surface area contributed by atoms with Gasteiger partial charge in [-0.2, -0.15) is 0 Å². The first-order valence-corrected chi connectivity index (χ1v) is 6.76. The third-order valence-electron chi connectivity index (χ3n) is 4.01. The minimum atomic E-state index is -0.730. The molecule has 0 spiro atoms. The molecule has 6 heteroatoms. The van der Waals surface area contributed by atoms with E-state index in [-0.39, 0.29) is 30.0 Å². The van der Waals surface area contributed by atoms with Crippen molar-refractivity contribution in [1.82, 2.24) is 0 Å². The summed E-state index contributed by atoms with van der Waals surface area (Å²) < 4.78 is 22.0. The Hall–Kier alpha value is -0.690. The van der Waals surface area contributed by atoms with Gasteiger partial charge in [0.05, 0.1) is 31.3 Å². The topological polar surface area (TPSA) is 74.2 Å². The Morgan fingerprint density at radius 2 is 2.16 bits per heavy atom. The number of hydrogen-bond acceptors (Lipinski definition) is 6.